The molecule has 0 aromatic heterocycles. The van der Waals surface area contributed by atoms with E-state index in [0.29, 0.717) is 18.0 Å². The van der Waals surface area contributed by atoms with Gasteiger partial charge in [0.1, 0.15) is 21.7 Å². The zero-order chi connectivity index (χ0) is 14.0. The van der Waals surface area contributed by atoms with Crippen molar-refractivity contribution >= 4 is 27.1 Å². The lowest BCUT2D eigenvalue weighted by molar-refractivity contribution is 0.212. The smallest absolute Gasteiger partial charge is 0.147 e. The largest absolute Gasteiger partial charge is 0.487 e. The summed E-state index contributed by atoms with van der Waals surface area (Å²) in [6.07, 6.45) is 1.96. The monoisotopic (exact) mass is 303 g/mol. The molecule has 6 heteroatoms. The van der Waals surface area contributed by atoms with Crippen molar-refractivity contribution in [3.05, 3.63) is 23.2 Å². The summed E-state index contributed by atoms with van der Waals surface area (Å²) in [5.74, 6) is 1.01. The Morgan fingerprint density at radius 1 is 1.47 bits per heavy atom. The number of anilines is 1. The van der Waals surface area contributed by atoms with E-state index in [4.69, 9.17) is 16.3 Å². The molecule has 106 valence electrons. The molecule has 0 bridgehead atoms. The minimum Gasteiger partial charge on any atom is -0.487 e. The predicted octanol–water partition coefficient (Wildman–Crippen LogP) is 2.36. The fourth-order valence-corrected chi connectivity index (χ4v) is 3.05. The van der Waals surface area contributed by atoms with Crippen LogP contribution in [0.3, 0.4) is 0 Å². The molecule has 1 aliphatic rings. The second-order valence-corrected chi connectivity index (χ2v) is 7.67. The van der Waals surface area contributed by atoms with E-state index in [9.17, 15) is 8.42 Å². The van der Waals surface area contributed by atoms with Crippen molar-refractivity contribution in [2.45, 2.75) is 19.4 Å². The summed E-state index contributed by atoms with van der Waals surface area (Å²) in [5.41, 5.74) is 0.944. The third-order valence-corrected chi connectivity index (χ3v) is 4.28. The molecule has 1 aliphatic heterocycles. The SMILES string of the molecule is C[C@@H]1CN(CCCS(C)(=O)=O)c2cc(Cl)ccc2O1. The molecular weight excluding hydrogens is 286 g/mol. The highest BCUT2D eigenvalue weighted by molar-refractivity contribution is 7.90. The molecule has 0 radical (unpaired) electrons. The van der Waals surface area contributed by atoms with E-state index >= 15 is 0 Å². The number of ether oxygens (including phenoxy) is 1. The summed E-state index contributed by atoms with van der Waals surface area (Å²) in [7, 11) is -2.91. The minimum absolute atomic E-state index is 0.0897. The Hall–Kier alpha value is -0.940. The Bertz CT molecular complexity index is 559. The van der Waals surface area contributed by atoms with Gasteiger partial charge in [-0.2, -0.15) is 0 Å². The maximum absolute atomic E-state index is 11.2. The Morgan fingerprint density at radius 2 is 2.21 bits per heavy atom. The molecule has 4 nitrogen and oxygen atoms in total. The molecule has 1 atom stereocenters. The van der Waals surface area contributed by atoms with Crippen LogP contribution in [0.25, 0.3) is 0 Å². The maximum atomic E-state index is 11.2. The van der Waals surface area contributed by atoms with Gasteiger partial charge < -0.3 is 9.64 Å². The maximum Gasteiger partial charge on any atom is 0.147 e. The highest BCUT2D eigenvalue weighted by Gasteiger charge is 2.23. The van der Waals surface area contributed by atoms with Crippen molar-refractivity contribution < 1.29 is 13.2 Å². The Kier molecular flexibility index (Phi) is 4.26. The van der Waals surface area contributed by atoms with Crippen LogP contribution in [0.15, 0.2) is 18.2 Å². The van der Waals surface area contributed by atoms with E-state index in [1.165, 1.54) is 6.26 Å². The van der Waals surface area contributed by atoms with Gasteiger partial charge in [-0.15, -0.1) is 0 Å². The van der Waals surface area contributed by atoms with Crippen molar-refractivity contribution in [2.24, 2.45) is 0 Å². The van der Waals surface area contributed by atoms with Gasteiger partial charge in [0.2, 0.25) is 0 Å². The minimum atomic E-state index is -2.91. The van der Waals surface area contributed by atoms with Crippen LogP contribution in [0.5, 0.6) is 5.75 Å². The zero-order valence-electron chi connectivity index (χ0n) is 11.1. The van der Waals surface area contributed by atoms with Crippen molar-refractivity contribution in [3.8, 4) is 5.75 Å². The molecule has 2 rings (SSSR count). The van der Waals surface area contributed by atoms with Crippen LogP contribution in [0.1, 0.15) is 13.3 Å². The highest BCUT2D eigenvalue weighted by Crippen LogP contribution is 2.35. The number of fused-ring (bicyclic) bond motifs is 1. The van der Waals surface area contributed by atoms with Gasteiger partial charge in [-0.3, -0.25) is 0 Å². The van der Waals surface area contributed by atoms with Crippen molar-refractivity contribution in [1.82, 2.24) is 0 Å². The molecule has 1 aromatic carbocycles. The van der Waals surface area contributed by atoms with Crippen molar-refractivity contribution in [3.63, 3.8) is 0 Å². The zero-order valence-corrected chi connectivity index (χ0v) is 12.7. The fourth-order valence-electron chi connectivity index (χ4n) is 2.23. The molecule has 0 aliphatic carbocycles. The van der Waals surface area contributed by atoms with E-state index in [-0.39, 0.29) is 11.9 Å². The van der Waals surface area contributed by atoms with Gasteiger partial charge in [0.15, 0.2) is 0 Å². The fraction of sp³-hybridized carbons (Fsp3) is 0.538. The Balaban J connectivity index is 2.11. The second kappa shape index (κ2) is 5.59. The molecule has 0 unspecified atom stereocenters. The van der Waals surface area contributed by atoms with Crippen LogP contribution in [-0.2, 0) is 9.84 Å². The third-order valence-electron chi connectivity index (χ3n) is 3.01. The van der Waals surface area contributed by atoms with Gasteiger partial charge in [-0.05, 0) is 31.5 Å². The number of hydrogen-bond donors (Lipinski definition) is 0. The van der Waals surface area contributed by atoms with Crippen LogP contribution in [0, 0.1) is 0 Å². The van der Waals surface area contributed by atoms with E-state index in [0.717, 1.165) is 18.0 Å². The van der Waals surface area contributed by atoms with Gasteiger partial charge in [-0.1, -0.05) is 11.6 Å². The van der Waals surface area contributed by atoms with E-state index in [2.05, 4.69) is 4.90 Å². The van der Waals surface area contributed by atoms with Gasteiger partial charge in [0.05, 0.1) is 18.0 Å². The first-order chi connectivity index (χ1) is 8.85. The first-order valence-electron chi connectivity index (χ1n) is 6.24. The molecule has 0 amide bonds. The van der Waals surface area contributed by atoms with Crippen LogP contribution in [0.4, 0.5) is 5.69 Å². The summed E-state index contributed by atoms with van der Waals surface area (Å²) in [6, 6.07) is 5.52. The number of halogens is 1. The highest BCUT2D eigenvalue weighted by atomic mass is 35.5. The van der Waals surface area contributed by atoms with E-state index < -0.39 is 9.84 Å². The van der Waals surface area contributed by atoms with Gasteiger partial charge in [0, 0.05) is 17.8 Å². The number of rotatable bonds is 4. The van der Waals surface area contributed by atoms with E-state index in [1.54, 1.807) is 6.07 Å². The normalized spacial score (nSPS) is 18.9. The molecule has 0 spiro atoms. The Labute approximate surface area is 119 Å². The molecular formula is C13H18ClNO3S. The molecule has 1 aromatic rings. The summed E-state index contributed by atoms with van der Waals surface area (Å²) >= 11 is 6.01. The van der Waals surface area contributed by atoms with Crippen molar-refractivity contribution in [2.75, 3.05) is 30.0 Å². The van der Waals surface area contributed by atoms with Gasteiger partial charge in [-0.25, -0.2) is 8.42 Å². The van der Waals surface area contributed by atoms with Crippen molar-refractivity contribution in [1.29, 1.82) is 0 Å². The van der Waals surface area contributed by atoms with Crippen LogP contribution >= 0.6 is 11.6 Å². The number of benzene rings is 1. The predicted molar refractivity (Wildman–Crippen MR) is 78.1 cm³/mol. The Morgan fingerprint density at radius 3 is 2.89 bits per heavy atom. The first kappa shape index (κ1) is 14.5. The average molecular weight is 304 g/mol. The summed E-state index contributed by atoms with van der Waals surface area (Å²) < 4.78 is 28.1. The quantitative estimate of drug-likeness (QED) is 0.857. The van der Waals surface area contributed by atoms with Crippen LogP contribution in [0.2, 0.25) is 5.02 Å². The first-order valence-corrected chi connectivity index (χ1v) is 8.68. The molecule has 0 N–H and O–H groups in total. The molecule has 1 heterocycles. The number of sulfone groups is 1. The summed E-state index contributed by atoms with van der Waals surface area (Å²) in [6.45, 7) is 3.44. The third kappa shape index (κ3) is 4.01. The molecule has 0 saturated heterocycles. The van der Waals surface area contributed by atoms with Gasteiger partial charge >= 0.3 is 0 Å². The average Bonchev–Trinajstić information content (AvgIpc) is 2.28. The number of hydrogen-bond acceptors (Lipinski definition) is 4. The molecule has 0 fully saturated rings. The molecule has 0 saturated carbocycles. The van der Waals surface area contributed by atoms with Crippen LogP contribution < -0.4 is 9.64 Å². The van der Waals surface area contributed by atoms with Gasteiger partial charge in [0.25, 0.3) is 0 Å². The lowest BCUT2D eigenvalue weighted by atomic mass is 10.2. The van der Waals surface area contributed by atoms with E-state index in [1.807, 2.05) is 19.1 Å². The lowest BCUT2D eigenvalue weighted by Crippen LogP contribution is -2.39. The topological polar surface area (TPSA) is 46.6 Å². The summed E-state index contributed by atoms with van der Waals surface area (Å²) in [5, 5.41) is 0.657. The standard InChI is InChI=1S/C13H18ClNO3S/c1-10-9-15(6-3-7-19(2,16)17)12-8-11(14)4-5-13(12)18-10/h4-5,8,10H,3,6-7,9H2,1-2H3/t10-/m1/s1. The lowest BCUT2D eigenvalue weighted by Gasteiger charge is -2.35. The molecule has 19 heavy (non-hydrogen) atoms. The second-order valence-electron chi connectivity index (χ2n) is 4.97. The summed E-state index contributed by atoms with van der Waals surface area (Å²) in [4.78, 5) is 2.14. The number of nitrogens with zero attached hydrogens (tertiary/aromatic N) is 1. The van der Waals surface area contributed by atoms with Crippen LogP contribution in [-0.4, -0.2) is 39.6 Å².